The van der Waals surface area contributed by atoms with Gasteiger partial charge in [-0.05, 0) is 38.5 Å². The Balaban J connectivity index is 2.13. The lowest BCUT2D eigenvalue weighted by atomic mass is 9.89. The predicted octanol–water partition coefficient (Wildman–Crippen LogP) is 2.16. The zero-order valence-corrected chi connectivity index (χ0v) is 10.9. The van der Waals surface area contributed by atoms with E-state index in [1.165, 1.54) is 12.8 Å². The van der Waals surface area contributed by atoms with Gasteiger partial charge in [0.25, 0.3) is 0 Å². The molecule has 0 aromatic rings. The zero-order chi connectivity index (χ0) is 12.9. The lowest BCUT2D eigenvalue weighted by Crippen LogP contribution is -2.44. The molecule has 0 spiro atoms. The topological polar surface area (TPSA) is 72.5 Å². The summed E-state index contributed by atoms with van der Waals surface area (Å²) in [5.41, 5.74) is 4.52. The van der Waals surface area contributed by atoms with E-state index >= 15 is 0 Å². The fourth-order valence-electron chi connectivity index (χ4n) is 2.33. The van der Waals surface area contributed by atoms with Crippen molar-refractivity contribution in [2.24, 2.45) is 11.7 Å². The SMILES string of the molecule is CC1CCCC(OCCCC(C)(N)C(=O)O)C1. The van der Waals surface area contributed by atoms with Gasteiger partial charge in [0.2, 0.25) is 0 Å². The first-order chi connectivity index (χ1) is 7.92. The van der Waals surface area contributed by atoms with Crippen molar-refractivity contribution in [1.82, 2.24) is 0 Å². The molecule has 3 N–H and O–H groups in total. The molecule has 1 aliphatic rings. The van der Waals surface area contributed by atoms with Crippen LogP contribution in [0.4, 0.5) is 0 Å². The van der Waals surface area contributed by atoms with E-state index in [4.69, 9.17) is 15.6 Å². The minimum Gasteiger partial charge on any atom is -0.480 e. The molecule has 3 atom stereocenters. The normalized spacial score (nSPS) is 28.6. The molecule has 0 aliphatic heterocycles. The van der Waals surface area contributed by atoms with Crippen LogP contribution in [0.1, 0.15) is 52.4 Å². The Morgan fingerprint density at radius 1 is 1.53 bits per heavy atom. The molecule has 1 fully saturated rings. The number of carbonyl (C=O) groups is 1. The van der Waals surface area contributed by atoms with Gasteiger partial charge < -0.3 is 15.6 Å². The van der Waals surface area contributed by atoms with Gasteiger partial charge in [-0.2, -0.15) is 0 Å². The summed E-state index contributed by atoms with van der Waals surface area (Å²) in [5.74, 6) is -0.184. The second kappa shape index (κ2) is 6.36. The summed E-state index contributed by atoms with van der Waals surface area (Å²) in [6, 6.07) is 0. The summed E-state index contributed by atoms with van der Waals surface area (Å²) in [6.07, 6.45) is 6.37. The van der Waals surface area contributed by atoms with Crippen molar-refractivity contribution in [2.45, 2.75) is 64.0 Å². The quantitative estimate of drug-likeness (QED) is 0.701. The van der Waals surface area contributed by atoms with Gasteiger partial charge in [0.1, 0.15) is 5.54 Å². The first-order valence-electron chi connectivity index (χ1n) is 6.55. The molecule has 0 amide bonds. The minimum absolute atomic E-state index is 0.368. The first kappa shape index (κ1) is 14.5. The molecule has 3 unspecified atom stereocenters. The summed E-state index contributed by atoms with van der Waals surface area (Å²) in [7, 11) is 0. The minimum atomic E-state index is -1.12. The van der Waals surface area contributed by atoms with Crippen molar-refractivity contribution in [3.8, 4) is 0 Å². The molecule has 0 aromatic heterocycles. The second-order valence-corrected chi connectivity index (χ2v) is 5.59. The highest BCUT2D eigenvalue weighted by molar-refractivity contribution is 5.77. The number of ether oxygens (including phenoxy) is 1. The molecule has 0 bridgehead atoms. The maximum atomic E-state index is 10.8. The van der Waals surface area contributed by atoms with Crippen LogP contribution in [0.15, 0.2) is 0 Å². The molecule has 0 saturated heterocycles. The summed E-state index contributed by atoms with van der Waals surface area (Å²) >= 11 is 0. The van der Waals surface area contributed by atoms with E-state index in [1.54, 1.807) is 6.92 Å². The van der Waals surface area contributed by atoms with Crippen molar-refractivity contribution < 1.29 is 14.6 Å². The van der Waals surface area contributed by atoms with Gasteiger partial charge in [-0.15, -0.1) is 0 Å². The average Bonchev–Trinajstić information content (AvgIpc) is 2.24. The van der Waals surface area contributed by atoms with E-state index in [2.05, 4.69) is 6.92 Å². The van der Waals surface area contributed by atoms with Gasteiger partial charge in [-0.25, -0.2) is 0 Å². The van der Waals surface area contributed by atoms with Crippen LogP contribution in [0.2, 0.25) is 0 Å². The predicted molar refractivity (Wildman–Crippen MR) is 66.8 cm³/mol. The van der Waals surface area contributed by atoms with Crippen molar-refractivity contribution >= 4 is 5.97 Å². The Hall–Kier alpha value is -0.610. The van der Waals surface area contributed by atoms with Crippen LogP contribution in [0.5, 0.6) is 0 Å². The van der Waals surface area contributed by atoms with Crippen LogP contribution in [0.3, 0.4) is 0 Å². The van der Waals surface area contributed by atoms with Gasteiger partial charge in [0.15, 0.2) is 0 Å². The summed E-state index contributed by atoms with van der Waals surface area (Å²) in [5, 5.41) is 8.86. The van der Waals surface area contributed by atoms with Crippen LogP contribution >= 0.6 is 0 Å². The maximum Gasteiger partial charge on any atom is 0.323 e. The molecule has 17 heavy (non-hydrogen) atoms. The average molecular weight is 243 g/mol. The number of hydrogen-bond acceptors (Lipinski definition) is 3. The molecule has 0 heterocycles. The van der Waals surface area contributed by atoms with Crippen molar-refractivity contribution in [1.29, 1.82) is 0 Å². The number of nitrogens with two attached hydrogens (primary N) is 1. The van der Waals surface area contributed by atoms with Gasteiger partial charge in [-0.3, -0.25) is 4.79 Å². The molecule has 0 aromatic carbocycles. The van der Waals surface area contributed by atoms with E-state index in [9.17, 15) is 4.79 Å². The maximum absolute atomic E-state index is 10.8. The molecule has 4 heteroatoms. The van der Waals surface area contributed by atoms with Crippen LogP contribution in [-0.4, -0.2) is 29.3 Å². The van der Waals surface area contributed by atoms with Gasteiger partial charge in [0, 0.05) is 6.61 Å². The van der Waals surface area contributed by atoms with Gasteiger partial charge in [-0.1, -0.05) is 19.8 Å². The fourth-order valence-corrected chi connectivity index (χ4v) is 2.33. The first-order valence-corrected chi connectivity index (χ1v) is 6.55. The lowest BCUT2D eigenvalue weighted by Gasteiger charge is -2.27. The Kier molecular flexibility index (Phi) is 5.40. The Morgan fingerprint density at radius 3 is 2.82 bits per heavy atom. The molecular weight excluding hydrogens is 218 g/mol. The van der Waals surface area contributed by atoms with Crippen molar-refractivity contribution in [2.75, 3.05) is 6.61 Å². The number of carboxylic acids is 1. The number of aliphatic carboxylic acids is 1. The Labute approximate surface area is 104 Å². The van der Waals surface area contributed by atoms with Crippen LogP contribution in [0, 0.1) is 5.92 Å². The molecule has 1 aliphatic carbocycles. The van der Waals surface area contributed by atoms with E-state index in [0.717, 1.165) is 18.8 Å². The van der Waals surface area contributed by atoms with Crippen LogP contribution < -0.4 is 5.73 Å². The van der Waals surface area contributed by atoms with Crippen LogP contribution in [-0.2, 0) is 9.53 Å². The fraction of sp³-hybridized carbons (Fsp3) is 0.923. The third-order valence-corrected chi connectivity index (χ3v) is 3.57. The van der Waals surface area contributed by atoms with E-state index in [0.29, 0.717) is 25.6 Å². The largest absolute Gasteiger partial charge is 0.480 e. The smallest absolute Gasteiger partial charge is 0.323 e. The Bertz CT molecular complexity index is 253. The monoisotopic (exact) mass is 243 g/mol. The van der Waals surface area contributed by atoms with E-state index in [-0.39, 0.29) is 0 Å². The second-order valence-electron chi connectivity index (χ2n) is 5.59. The molecule has 0 radical (unpaired) electrons. The molecular formula is C13H25NO3. The lowest BCUT2D eigenvalue weighted by molar-refractivity contribution is -0.143. The third kappa shape index (κ3) is 5.04. The summed E-state index contributed by atoms with van der Waals surface area (Å²) in [6.45, 7) is 4.44. The van der Waals surface area contributed by atoms with Gasteiger partial charge >= 0.3 is 5.97 Å². The highest BCUT2D eigenvalue weighted by Crippen LogP contribution is 2.25. The molecule has 4 nitrogen and oxygen atoms in total. The molecule has 1 rings (SSSR count). The third-order valence-electron chi connectivity index (χ3n) is 3.57. The Morgan fingerprint density at radius 2 is 2.24 bits per heavy atom. The number of rotatable bonds is 6. The molecule has 100 valence electrons. The highest BCUT2D eigenvalue weighted by atomic mass is 16.5. The van der Waals surface area contributed by atoms with Crippen molar-refractivity contribution in [3.05, 3.63) is 0 Å². The summed E-state index contributed by atoms with van der Waals surface area (Å²) in [4.78, 5) is 10.8. The number of carboxylic acid groups (broad SMARTS) is 1. The van der Waals surface area contributed by atoms with Crippen molar-refractivity contribution in [3.63, 3.8) is 0 Å². The molecule has 1 saturated carbocycles. The number of hydrogen-bond donors (Lipinski definition) is 2. The van der Waals surface area contributed by atoms with E-state index in [1.807, 2.05) is 0 Å². The highest BCUT2D eigenvalue weighted by Gasteiger charge is 2.27. The summed E-state index contributed by atoms with van der Waals surface area (Å²) < 4.78 is 5.78. The van der Waals surface area contributed by atoms with Crippen LogP contribution in [0.25, 0.3) is 0 Å². The van der Waals surface area contributed by atoms with Gasteiger partial charge in [0.05, 0.1) is 6.10 Å². The zero-order valence-electron chi connectivity index (χ0n) is 10.9. The van der Waals surface area contributed by atoms with E-state index < -0.39 is 11.5 Å². The standard InChI is InChI=1S/C13H25NO3/c1-10-5-3-6-11(9-10)17-8-4-7-13(2,14)12(15)16/h10-11H,3-9,14H2,1-2H3,(H,15,16).